The lowest BCUT2D eigenvalue weighted by Gasteiger charge is -2.41. The Balaban J connectivity index is 2.36. The zero-order valence-electron chi connectivity index (χ0n) is 44.4. The number of esters is 1. The number of carbonyl (C=O) groups excluding carboxylic acids is 1. The van der Waals surface area contributed by atoms with Crippen molar-refractivity contribution in [2.75, 3.05) is 26.4 Å². The van der Waals surface area contributed by atoms with E-state index >= 15 is 0 Å². The minimum absolute atomic E-state index is 0.0157. The molecule has 0 spiro atoms. The average molecular weight is 1030 g/mol. The van der Waals surface area contributed by atoms with E-state index in [-0.39, 0.29) is 19.6 Å². The van der Waals surface area contributed by atoms with Gasteiger partial charge in [0, 0.05) is 13.0 Å². The van der Waals surface area contributed by atoms with E-state index in [0.717, 1.165) is 122 Å². The second-order valence-corrected chi connectivity index (χ2v) is 19.5. The van der Waals surface area contributed by atoms with Crippen molar-refractivity contribution in [3.63, 3.8) is 0 Å². The fraction of sp³-hybridized carbons (Fsp3) is 0.678. The maximum absolute atomic E-state index is 12.9. The summed E-state index contributed by atoms with van der Waals surface area (Å²) >= 11 is 0. The summed E-state index contributed by atoms with van der Waals surface area (Å²) in [5.41, 5.74) is 0. The maximum Gasteiger partial charge on any atom is 0.397 e. The lowest BCUT2D eigenvalue weighted by atomic mass is 9.99. The Kier molecular flexibility index (Phi) is 45.2. The molecular weight excluding hydrogens is 933 g/mol. The molecule has 0 aromatic heterocycles. The van der Waals surface area contributed by atoms with E-state index in [2.05, 4.69) is 127 Å². The third-order valence-corrected chi connectivity index (χ3v) is 12.3. The first kappa shape index (κ1) is 66.8. The Labute approximate surface area is 437 Å². The molecule has 0 radical (unpaired) electrons. The van der Waals surface area contributed by atoms with Gasteiger partial charge >= 0.3 is 16.4 Å². The molecule has 72 heavy (non-hydrogen) atoms. The number of aliphatic hydroxyl groups excluding tert-OH is 3. The Morgan fingerprint density at radius 1 is 0.542 bits per heavy atom. The first-order valence-corrected chi connectivity index (χ1v) is 29.0. The molecular formula is C59H98O12S. The Hall–Kier alpha value is -3.24. The molecule has 13 heteroatoms. The molecule has 1 heterocycles. The zero-order chi connectivity index (χ0) is 52.4. The third kappa shape index (κ3) is 41.1. The summed E-state index contributed by atoms with van der Waals surface area (Å²) in [6, 6.07) is 0. The fourth-order valence-corrected chi connectivity index (χ4v) is 8.25. The Morgan fingerprint density at radius 3 is 1.40 bits per heavy atom. The van der Waals surface area contributed by atoms with Crippen LogP contribution in [0.5, 0.6) is 0 Å². The molecule has 4 N–H and O–H groups in total. The summed E-state index contributed by atoms with van der Waals surface area (Å²) in [5.74, 6) is -0.421. The van der Waals surface area contributed by atoms with E-state index in [4.69, 9.17) is 18.9 Å². The number of hydrogen-bond acceptors (Lipinski definition) is 11. The van der Waals surface area contributed by atoms with E-state index < -0.39 is 59.8 Å². The van der Waals surface area contributed by atoms with E-state index in [9.17, 15) is 33.1 Å². The van der Waals surface area contributed by atoms with Crippen LogP contribution in [0.4, 0.5) is 0 Å². The van der Waals surface area contributed by atoms with Crippen LogP contribution < -0.4 is 0 Å². The zero-order valence-corrected chi connectivity index (χ0v) is 45.3. The summed E-state index contributed by atoms with van der Waals surface area (Å²) < 4.78 is 59.4. The number of unbranched alkanes of at least 4 members (excludes halogenated alkanes) is 16. The van der Waals surface area contributed by atoms with Crippen molar-refractivity contribution in [3.8, 4) is 0 Å². The van der Waals surface area contributed by atoms with Gasteiger partial charge in [-0.05, 0) is 103 Å². The second kappa shape index (κ2) is 48.7. The number of hydrogen-bond donors (Lipinski definition) is 4. The van der Waals surface area contributed by atoms with Gasteiger partial charge in [-0.3, -0.25) is 9.35 Å². The molecule has 6 unspecified atom stereocenters. The van der Waals surface area contributed by atoms with Crippen molar-refractivity contribution in [3.05, 3.63) is 109 Å². The minimum Gasteiger partial charge on any atom is -0.457 e. The van der Waals surface area contributed by atoms with Gasteiger partial charge in [0.1, 0.15) is 30.5 Å². The lowest BCUT2D eigenvalue weighted by Crippen LogP contribution is -2.60. The van der Waals surface area contributed by atoms with Gasteiger partial charge in [0.2, 0.25) is 0 Å². The summed E-state index contributed by atoms with van der Waals surface area (Å²) in [4.78, 5) is 12.9. The van der Waals surface area contributed by atoms with Crippen LogP contribution in [0.3, 0.4) is 0 Å². The summed E-state index contributed by atoms with van der Waals surface area (Å²) in [6.07, 6.45) is 59.7. The van der Waals surface area contributed by atoms with Crippen LogP contribution in [0, 0.1) is 0 Å². The molecule has 0 aromatic rings. The normalized spacial score (nSPS) is 19.8. The molecule has 0 aromatic carbocycles. The van der Waals surface area contributed by atoms with Gasteiger partial charge in [-0.1, -0.05) is 194 Å². The molecule has 1 rings (SSSR count). The van der Waals surface area contributed by atoms with E-state index in [1.54, 1.807) is 0 Å². The highest BCUT2D eigenvalue weighted by molar-refractivity contribution is 7.80. The monoisotopic (exact) mass is 1030 g/mol. The van der Waals surface area contributed by atoms with Crippen molar-refractivity contribution >= 4 is 16.4 Å². The summed E-state index contributed by atoms with van der Waals surface area (Å²) in [7, 11) is -5.08. The van der Waals surface area contributed by atoms with Gasteiger partial charge in [-0.25, -0.2) is 4.18 Å². The highest BCUT2D eigenvalue weighted by atomic mass is 32.3. The molecule has 1 aliphatic rings. The quantitative estimate of drug-likeness (QED) is 0.0197. The van der Waals surface area contributed by atoms with Gasteiger partial charge in [-0.2, -0.15) is 8.42 Å². The highest BCUT2D eigenvalue weighted by Gasteiger charge is 2.48. The molecule has 0 amide bonds. The fourth-order valence-electron chi connectivity index (χ4n) is 7.74. The first-order chi connectivity index (χ1) is 35.1. The standard InChI is InChI=1S/C59H98O12S/c1-3-5-7-9-11-13-15-17-19-21-23-25-26-27-28-29-30-32-34-36-38-40-42-44-46-48-55(61)69-53(52-68-59-57(63)58(71-72(64,65)66)56(62)54(50-60)70-59)51-67-49-47-45-43-41-39-37-35-33-31-24-22-20-18-16-14-12-10-8-6-4-2/h5,7,11-14,17-20,23-25,27-28,30-32,53-54,56-60,62-63H,3-4,6,8-10,15-16,21-22,26,29,33-52H2,1-2H3,(H,64,65,66)/b7-5-,13-11-,14-12-,19-17-,20-18-,25-23-,28-27-,31-24-,32-30-. The highest BCUT2D eigenvalue weighted by Crippen LogP contribution is 2.26. The van der Waals surface area contributed by atoms with Crippen molar-refractivity contribution in [1.29, 1.82) is 0 Å². The van der Waals surface area contributed by atoms with Crippen LogP contribution in [-0.2, 0) is 38.3 Å². The third-order valence-electron chi connectivity index (χ3n) is 11.9. The molecule has 0 aliphatic carbocycles. The first-order valence-electron chi connectivity index (χ1n) is 27.6. The van der Waals surface area contributed by atoms with Crippen molar-refractivity contribution in [2.45, 2.75) is 230 Å². The molecule has 1 aliphatic heterocycles. The maximum atomic E-state index is 12.9. The van der Waals surface area contributed by atoms with Crippen LogP contribution >= 0.6 is 0 Å². The van der Waals surface area contributed by atoms with E-state index in [1.807, 2.05) is 0 Å². The van der Waals surface area contributed by atoms with Crippen LogP contribution in [0.1, 0.15) is 194 Å². The van der Waals surface area contributed by atoms with Crippen LogP contribution in [0.25, 0.3) is 0 Å². The summed E-state index contributed by atoms with van der Waals surface area (Å²) in [5, 5.41) is 30.8. The number of aliphatic hydroxyl groups is 3. The van der Waals surface area contributed by atoms with Crippen LogP contribution in [0.15, 0.2) is 109 Å². The number of ether oxygens (including phenoxy) is 4. The largest absolute Gasteiger partial charge is 0.457 e. The van der Waals surface area contributed by atoms with E-state index in [1.165, 1.54) is 44.9 Å². The molecule has 1 saturated heterocycles. The molecule has 0 bridgehead atoms. The predicted octanol–water partition coefficient (Wildman–Crippen LogP) is 13.5. The second-order valence-electron chi connectivity index (χ2n) is 18.4. The average Bonchev–Trinajstić information content (AvgIpc) is 3.36. The molecule has 412 valence electrons. The lowest BCUT2D eigenvalue weighted by molar-refractivity contribution is -0.301. The Bertz CT molecular complexity index is 1660. The van der Waals surface area contributed by atoms with Crippen molar-refractivity contribution in [2.24, 2.45) is 0 Å². The van der Waals surface area contributed by atoms with Crippen LogP contribution in [-0.4, -0.2) is 97.5 Å². The number of carbonyl (C=O) groups is 1. The minimum atomic E-state index is -5.08. The summed E-state index contributed by atoms with van der Waals surface area (Å²) in [6.45, 7) is 3.80. The van der Waals surface area contributed by atoms with E-state index in [0.29, 0.717) is 13.0 Å². The van der Waals surface area contributed by atoms with Crippen molar-refractivity contribution in [1.82, 2.24) is 0 Å². The number of allylic oxidation sites excluding steroid dienone is 18. The smallest absolute Gasteiger partial charge is 0.397 e. The van der Waals surface area contributed by atoms with Crippen LogP contribution in [0.2, 0.25) is 0 Å². The molecule has 0 saturated carbocycles. The SMILES string of the molecule is CC/C=C\C/C=C\C/C=C\C/C=C\C/C=C\C/C=C\CCCCCCCCC(=O)OC(COCCCCCCCCC/C=C\C/C=C\C/C=C\CCCCC)COC1OC(CO)C(O)C(OS(=O)(=O)O)C1O. The number of rotatable bonds is 47. The van der Waals surface area contributed by atoms with Gasteiger partial charge < -0.3 is 34.3 Å². The topological polar surface area (TPSA) is 178 Å². The molecule has 12 nitrogen and oxygen atoms in total. The molecule has 1 fully saturated rings. The van der Waals surface area contributed by atoms with Gasteiger partial charge in [0.15, 0.2) is 6.29 Å². The molecule has 6 atom stereocenters. The van der Waals surface area contributed by atoms with Gasteiger partial charge in [-0.15, -0.1) is 0 Å². The van der Waals surface area contributed by atoms with Gasteiger partial charge in [0.25, 0.3) is 0 Å². The van der Waals surface area contributed by atoms with Crippen molar-refractivity contribution < 1.29 is 56.2 Å². The Morgan fingerprint density at radius 2 is 0.958 bits per heavy atom. The van der Waals surface area contributed by atoms with Gasteiger partial charge in [0.05, 0.1) is 19.8 Å². The predicted molar refractivity (Wildman–Crippen MR) is 294 cm³/mol.